The maximum atomic E-state index is 14.1. The smallest absolute Gasteiger partial charge is 0.159 e. The number of hydrogen-bond acceptors (Lipinski definition) is 6. The fourth-order valence-corrected chi connectivity index (χ4v) is 10.9. The summed E-state index contributed by atoms with van der Waals surface area (Å²) >= 11 is 0. The molecule has 1 saturated heterocycles. The molecule has 6 nitrogen and oxygen atoms in total. The highest BCUT2D eigenvalue weighted by molar-refractivity contribution is 5.95. The highest BCUT2D eigenvalue weighted by Crippen LogP contribution is 2.69. The van der Waals surface area contributed by atoms with Crippen molar-refractivity contribution in [3.8, 4) is 0 Å². The second-order valence-corrected chi connectivity index (χ2v) is 16.3. The van der Waals surface area contributed by atoms with Crippen LogP contribution in [0.15, 0.2) is 54.1 Å². The molecule has 7 rings (SSSR count). The molecule has 0 radical (unpaired) electrons. The van der Waals surface area contributed by atoms with E-state index in [-0.39, 0.29) is 40.8 Å². The number of benzene rings is 1. The second-order valence-electron chi connectivity index (χ2n) is 16.3. The summed E-state index contributed by atoms with van der Waals surface area (Å²) in [6.45, 7) is 11.5. The van der Waals surface area contributed by atoms with E-state index in [1.165, 1.54) is 5.56 Å². The molecule has 0 unspecified atom stereocenters. The molecule has 4 fully saturated rings. The predicted octanol–water partition coefficient (Wildman–Crippen LogP) is 5.75. The number of fused-ring (bicyclic) bond motifs is 5. The lowest BCUT2D eigenvalue weighted by atomic mass is 9.45. The van der Waals surface area contributed by atoms with Crippen molar-refractivity contribution >= 4 is 5.78 Å². The molecular weight excluding hydrogens is 552 g/mol. The van der Waals surface area contributed by atoms with Gasteiger partial charge in [0.25, 0.3) is 0 Å². The number of carbonyl (C=O) groups excluding carboxylic acids is 1. The molecule has 2 heterocycles. The average Bonchev–Trinajstić information content (AvgIpc) is 3.49. The van der Waals surface area contributed by atoms with E-state index >= 15 is 0 Å². The predicted molar refractivity (Wildman–Crippen MR) is 169 cm³/mol. The van der Waals surface area contributed by atoms with Crippen LogP contribution in [0, 0.1) is 40.4 Å². The summed E-state index contributed by atoms with van der Waals surface area (Å²) in [5.41, 5.74) is -1.82. The van der Waals surface area contributed by atoms with Gasteiger partial charge in [0.2, 0.25) is 0 Å². The normalized spacial score (nSPS) is 48.7. The molecule has 4 aliphatic carbocycles. The summed E-state index contributed by atoms with van der Waals surface area (Å²) in [5, 5.41) is 36.2. The molecule has 0 amide bonds. The first-order valence-electron chi connectivity index (χ1n) is 17.1. The van der Waals surface area contributed by atoms with E-state index < -0.39 is 34.4 Å². The maximum Gasteiger partial charge on any atom is 0.159 e. The Labute approximate surface area is 262 Å². The minimum atomic E-state index is -1.43. The molecule has 3 N–H and O–H groups in total. The van der Waals surface area contributed by atoms with Crippen molar-refractivity contribution in [2.24, 2.45) is 40.4 Å². The Hall–Kier alpha value is -1.83. The summed E-state index contributed by atoms with van der Waals surface area (Å²) in [5.74, 6) is 0.425. The van der Waals surface area contributed by atoms with Crippen LogP contribution >= 0.6 is 0 Å². The summed E-state index contributed by atoms with van der Waals surface area (Å²) < 4.78 is 12.6. The molecule has 1 aromatic carbocycles. The molecule has 1 aromatic rings. The van der Waals surface area contributed by atoms with E-state index in [0.29, 0.717) is 38.4 Å². The fraction of sp³-hybridized carbons (Fsp3) is 0.711. The Morgan fingerprint density at radius 1 is 1.00 bits per heavy atom. The van der Waals surface area contributed by atoms with Gasteiger partial charge < -0.3 is 24.8 Å². The molecule has 0 bridgehead atoms. The van der Waals surface area contributed by atoms with E-state index in [9.17, 15) is 20.1 Å². The Morgan fingerprint density at radius 3 is 2.41 bits per heavy atom. The largest absolute Gasteiger partial charge is 0.387 e. The zero-order chi connectivity index (χ0) is 31.3. The van der Waals surface area contributed by atoms with Crippen LogP contribution in [-0.2, 0) is 14.3 Å². The van der Waals surface area contributed by atoms with Crippen LogP contribution < -0.4 is 0 Å². The summed E-state index contributed by atoms with van der Waals surface area (Å²) in [4.78, 5) is 14.1. The van der Waals surface area contributed by atoms with Gasteiger partial charge in [-0.2, -0.15) is 0 Å². The number of ether oxygens (including phenoxy) is 2. The lowest BCUT2D eigenvalue weighted by Gasteiger charge is -2.61. The summed E-state index contributed by atoms with van der Waals surface area (Å²) in [6.07, 6.45) is 9.93. The molecular formula is C38H52O6. The third-order valence-electron chi connectivity index (χ3n) is 14.2. The molecule has 3 saturated carbocycles. The molecule has 0 aromatic heterocycles. The van der Waals surface area contributed by atoms with Gasteiger partial charge in [-0.05, 0) is 98.2 Å². The molecule has 6 aliphatic rings. The number of aliphatic hydroxyl groups excluding tert-OH is 1. The van der Waals surface area contributed by atoms with Crippen LogP contribution in [0.3, 0.4) is 0 Å². The highest BCUT2D eigenvalue weighted by Gasteiger charge is 2.69. The minimum absolute atomic E-state index is 0.107. The number of rotatable bonds is 4. The fourth-order valence-electron chi connectivity index (χ4n) is 10.9. The van der Waals surface area contributed by atoms with Crippen molar-refractivity contribution in [1.82, 2.24) is 0 Å². The van der Waals surface area contributed by atoms with Crippen molar-refractivity contribution < 1.29 is 29.6 Å². The van der Waals surface area contributed by atoms with Gasteiger partial charge in [0.15, 0.2) is 5.78 Å². The zero-order valence-corrected chi connectivity index (χ0v) is 27.2. The maximum absolute atomic E-state index is 14.1. The van der Waals surface area contributed by atoms with E-state index in [4.69, 9.17) is 9.47 Å². The Balaban J connectivity index is 1.15. The van der Waals surface area contributed by atoms with Crippen LogP contribution in [-0.4, -0.2) is 63.3 Å². The monoisotopic (exact) mass is 604 g/mol. The third kappa shape index (κ3) is 4.27. The number of allylic oxidation sites excluding steroid dienone is 1. The number of aliphatic hydroxyl groups is 3. The molecule has 13 atom stereocenters. The number of carbonyl (C=O) groups is 1. The van der Waals surface area contributed by atoms with E-state index in [2.05, 4.69) is 64.1 Å². The van der Waals surface area contributed by atoms with Gasteiger partial charge in [-0.25, -0.2) is 0 Å². The average molecular weight is 605 g/mol. The molecule has 6 heteroatoms. The van der Waals surface area contributed by atoms with Crippen molar-refractivity contribution in [3.63, 3.8) is 0 Å². The van der Waals surface area contributed by atoms with Crippen molar-refractivity contribution in [2.75, 3.05) is 13.2 Å². The van der Waals surface area contributed by atoms with Gasteiger partial charge >= 0.3 is 0 Å². The van der Waals surface area contributed by atoms with Crippen LogP contribution in [0.1, 0.15) is 91.0 Å². The molecule has 2 aliphatic heterocycles. The molecule has 44 heavy (non-hydrogen) atoms. The van der Waals surface area contributed by atoms with Gasteiger partial charge in [-0.15, -0.1) is 0 Å². The lowest BCUT2D eigenvalue weighted by Crippen LogP contribution is -2.63. The van der Waals surface area contributed by atoms with Gasteiger partial charge in [-0.3, -0.25) is 4.79 Å². The molecule has 240 valence electrons. The van der Waals surface area contributed by atoms with E-state index in [0.717, 1.165) is 31.3 Å². The zero-order valence-electron chi connectivity index (χ0n) is 27.2. The SMILES string of the molecule is C[C@H]1[C@@H]([C@@H](O)[C@@](C)(O)[C@@H]2CC[C@]3(O)C4=CC(=O)[C@H]5C[C@]6(C=C[C@@H](c7ccccc7)CO6)CC[C@]5(C)[C@@H]4CC[C@]23C)OC[C@H]1C. The van der Waals surface area contributed by atoms with Crippen LogP contribution in [0.25, 0.3) is 0 Å². The topological polar surface area (TPSA) is 96.2 Å². The number of hydrogen-bond donors (Lipinski definition) is 3. The first-order valence-corrected chi connectivity index (χ1v) is 17.1. The minimum Gasteiger partial charge on any atom is -0.387 e. The first kappa shape index (κ1) is 30.8. The Kier molecular flexibility index (Phi) is 7.24. The van der Waals surface area contributed by atoms with Crippen molar-refractivity contribution in [3.05, 3.63) is 59.7 Å². The summed E-state index contributed by atoms with van der Waals surface area (Å²) in [6, 6.07) is 10.4. The first-order chi connectivity index (χ1) is 20.8. The van der Waals surface area contributed by atoms with Crippen LogP contribution in [0.2, 0.25) is 0 Å². The summed E-state index contributed by atoms with van der Waals surface area (Å²) in [7, 11) is 0. The van der Waals surface area contributed by atoms with Gasteiger partial charge in [0.05, 0.1) is 29.5 Å². The van der Waals surface area contributed by atoms with E-state index in [1.807, 2.05) is 6.07 Å². The van der Waals surface area contributed by atoms with Crippen LogP contribution in [0.4, 0.5) is 0 Å². The Bertz CT molecular complexity index is 1350. The van der Waals surface area contributed by atoms with E-state index in [1.54, 1.807) is 13.0 Å². The third-order valence-corrected chi connectivity index (χ3v) is 14.2. The van der Waals surface area contributed by atoms with Gasteiger partial charge in [0, 0.05) is 23.9 Å². The van der Waals surface area contributed by atoms with Crippen LogP contribution in [0.5, 0.6) is 0 Å². The van der Waals surface area contributed by atoms with Crippen molar-refractivity contribution in [2.45, 2.75) is 114 Å². The number of ketones is 1. The molecule has 1 spiro atoms. The van der Waals surface area contributed by atoms with Crippen molar-refractivity contribution in [1.29, 1.82) is 0 Å². The lowest BCUT2D eigenvalue weighted by molar-refractivity contribution is -0.194. The second kappa shape index (κ2) is 10.3. The Morgan fingerprint density at radius 2 is 1.75 bits per heavy atom. The van der Waals surface area contributed by atoms with Gasteiger partial charge in [-0.1, -0.05) is 70.2 Å². The highest BCUT2D eigenvalue weighted by atomic mass is 16.5. The quantitative estimate of drug-likeness (QED) is 0.379. The van der Waals surface area contributed by atoms with Gasteiger partial charge in [0.1, 0.15) is 6.10 Å². The standard InChI is InChI=1S/C38H52O6/c1-23-21-43-32(24(23)2)33(40)36(5,41)31-13-16-38(42)28-19-30(39)29-20-37(15-11-26(22-44-37)25-9-7-6-8-10-25)18-17-34(29,3)27(28)12-14-35(31,38)4/h6-11,15,19,23-24,26-27,29,31-33,40-42H,12-14,16-18,20-22H2,1-5H3/t23-,24-,26-,27-,29-,31-,32+,33-,34-,35-,36+,37+,38+/m1/s1.